The summed E-state index contributed by atoms with van der Waals surface area (Å²) >= 11 is 0. The van der Waals surface area contributed by atoms with Crippen molar-refractivity contribution in [2.24, 2.45) is 4.99 Å². The van der Waals surface area contributed by atoms with Crippen LogP contribution in [0.25, 0.3) is 32.7 Å². The van der Waals surface area contributed by atoms with Crippen LogP contribution in [0.2, 0.25) is 0 Å². The summed E-state index contributed by atoms with van der Waals surface area (Å²) in [6.07, 6.45) is 6.24. The Morgan fingerprint density at radius 3 is 1.98 bits per heavy atom. The number of allylic oxidation sites excluding steroid dienone is 2. The number of aliphatic hydroxyl groups excluding tert-OH is 1. The molecule has 9 rings (SSSR count). The van der Waals surface area contributed by atoms with E-state index in [1.54, 1.807) is 13.8 Å². The molecule has 2 aliphatic heterocycles. The summed E-state index contributed by atoms with van der Waals surface area (Å²) in [5, 5.41) is 34.6. The lowest BCUT2D eigenvalue weighted by Gasteiger charge is -2.46. The number of nitrogens with one attached hydrogen (secondary N) is 5. The van der Waals surface area contributed by atoms with Crippen molar-refractivity contribution >= 4 is 67.4 Å². The van der Waals surface area contributed by atoms with Crippen LogP contribution < -0.4 is 37.2 Å². The van der Waals surface area contributed by atoms with Gasteiger partial charge in [0.05, 0.1) is 22.2 Å². The fraction of sp³-hybridized carbons (Fsp3) is 0.350. The number of ketones is 1. The van der Waals surface area contributed by atoms with E-state index in [4.69, 9.17) is 4.99 Å². The van der Waals surface area contributed by atoms with Crippen molar-refractivity contribution in [2.75, 3.05) is 16.0 Å². The minimum Gasteiger partial charge on any atom is -0.506 e. The molecule has 0 radical (unpaired) electrons. The second kappa shape index (κ2) is 11.1. The summed E-state index contributed by atoms with van der Waals surface area (Å²) in [6.45, 7) is 3.11. The minimum atomic E-state index is -0.565. The summed E-state index contributed by atoms with van der Waals surface area (Å²) in [7, 11) is 0. The molecule has 5 aliphatic rings. The molecular formula is C40H40N6O4. The average Bonchev–Trinajstić information content (AvgIpc) is 3.09. The topological polar surface area (TPSA) is 144 Å². The largest absolute Gasteiger partial charge is 0.506 e. The number of benzene rings is 4. The van der Waals surface area contributed by atoms with Gasteiger partial charge in [-0.2, -0.15) is 0 Å². The first-order chi connectivity index (χ1) is 24.1. The Hall–Kier alpha value is -5.38. The van der Waals surface area contributed by atoms with E-state index < -0.39 is 11.3 Å². The molecule has 0 bridgehead atoms. The van der Waals surface area contributed by atoms with Gasteiger partial charge in [-0.05, 0) is 74.3 Å². The van der Waals surface area contributed by atoms with E-state index in [2.05, 4.69) is 44.8 Å². The van der Waals surface area contributed by atoms with Crippen LogP contribution in [0, 0.1) is 0 Å². The first-order valence-electron chi connectivity index (χ1n) is 17.7. The minimum absolute atomic E-state index is 0.0166. The molecule has 50 heavy (non-hydrogen) atoms. The first-order valence-corrected chi connectivity index (χ1v) is 17.7. The van der Waals surface area contributed by atoms with Crippen LogP contribution in [0.15, 0.2) is 71.4 Å². The molecule has 10 nitrogen and oxygen atoms in total. The molecule has 6 N–H and O–H groups in total. The van der Waals surface area contributed by atoms with Gasteiger partial charge >= 0.3 is 0 Å². The highest BCUT2D eigenvalue weighted by molar-refractivity contribution is 6.52. The van der Waals surface area contributed by atoms with Crippen LogP contribution in [0.5, 0.6) is 0 Å². The zero-order chi connectivity index (χ0) is 34.4. The molecule has 2 saturated carbocycles. The number of hydrogen-bond donors (Lipinski definition) is 6. The lowest BCUT2D eigenvalue weighted by Crippen LogP contribution is -2.53. The number of hydrogen-bond acceptors (Lipinski definition) is 8. The van der Waals surface area contributed by atoms with Gasteiger partial charge in [-0.15, -0.1) is 0 Å². The van der Waals surface area contributed by atoms with Crippen molar-refractivity contribution in [3.05, 3.63) is 82.6 Å². The second-order valence-corrected chi connectivity index (χ2v) is 14.7. The second-order valence-electron chi connectivity index (χ2n) is 14.7. The summed E-state index contributed by atoms with van der Waals surface area (Å²) < 4.78 is 0. The zero-order valence-corrected chi connectivity index (χ0v) is 28.2. The molecular weight excluding hydrogens is 628 g/mol. The maximum absolute atomic E-state index is 14.4. The Morgan fingerprint density at radius 1 is 0.740 bits per heavy atom. The number of carbonyl (C=O) groups is 3. The van der Waals surface area contributed by atoms with Gasteiger partial charge < -0.3 is 31.7 Å². The van der Waals surface area contributed by atoms with Gasteiger partial charge in [0.25, 0.3) is 0 Å². The highest BCUT2D eigenvalue weighted by atomic mass is 16.3. The molecule has 2 spiro atoms. The van der Waals surface area contributed by atoms with Crippen LogP contribution in [-0.2, 0) is 14.4 Å². The van der Waals surface area contributed by atoms with Crippen LogP contribution in [0.3, 0.4) is 0 Å². The van der Waals surface area contributed by atoms with Crippen LogP contribution >= 0.6 is 0 Å². The number of rotatable bonds is 3. The monoisotopic (exact) mass is 668 g/mol. The Kier molecular flexibility index (Phi) is 6.79. The fourth-order valence-electron chi connectivity index (χ4n) is 9.08. The summed E-state index contributed by atoms with van der Waals surface area (Å²) in [5.41, 5.74) is 3.07. The Bertz CT molecular complexity index is 2330. The lowest BCUT2D eigenvalue weighted by atomic mass is 9.78. The Labute approximate surface area is 289 Å². The quantitative estimate of drug-likeness (QED) is 0.178. The maximum atomic E-state index is 14.4. The van der Waals surface area contributed by atoms with Gasteiger partial charge in [-0.3, -0.25) is 19.4 Å². The van der Waals surface area contributed by atoms with Crippen molar-refractivity contribution < 1.29 is 19.5 Å². The number of nitrogens with zero attached hydrogens (tertiary/aromatic N) is 1. The number of anilines is 3. The molecule has 0 saturated heterocycles. The molecule has 0 unspecified atom stereocenters. The van der Waals surface area contributed by atoms with E-state index in [9.17, 15) is 19.5 Å². The van der Waals surface area contributed by atoms with Crippen molar-refractivity contribution in [3.63, 3.8) is 0 Å². The number of carbonyl (C=O) groups excluding carboxylic acids is 3. The predicted molar refractivity (Wildman–Crippen MR) is 195 cm³/mol. The van der Waals surface area contributed by atoms with Crippen molar-refractivity contribution in [1.82, 2.24) is 10.6 Å². The third kappa shape index (κ3) is 4.75. The highest BCUT2D eigenvalue weighted by Gasteiger charge is 2.43. The van der Waals surface area contributed by atoms with Gasteiger partial charge in [0, 0.05) is 58.9 Å². The highest BCUT2D eigenvalue weighted by Crippen LogP contribution is 2.49. The molecule has 2 amide bonds. The van der Waals surface area contributed by atoms with Gasteiger partial charge in [0.1, 0.15) is 17.1 Å². The lowest BCUT2D eigenvalue weighted by molar-refractivity contribution is -0.120. The van der Waals surface area contributed by atoms with E-state index in [0.717, 1.165) is 95.3 Å². The van der Waals surface area contributed by atoms with Gasteiger partial charge in [0.15, 0.2) is 0 Å². The standard InChI is InChI=1S/C40H40N6O4/c1-21(47)41-25-13-17-39(18-14-25)43-29-7-3-5-23-9-11-27(35(45-39)31(23)29)33-37(49)34(38(33)50)28-12-10-24-6-4-8-30-32(24)36(28)46-40(44-30)19-15-26(16-20-40)42-22(2)48/h3-12,25-26,43-45,49H,13-20H2,1-2H3,(H,41,47)(H,42,48)/b34-28-. The van der Waals surface area contributed by atoms with E-state index in [1.807, 2.05) is 42.5 Å². The van der Waals surface area contributed by atoms with Gasteiger partial charge in [0.2, 0.25) is 17.6 Å². The number of amides is 2. The molecule has 3 aliphatic carbocycles. The summed E-state index contributed by atoms with van der Waals surface area (Å²) in [4.78, 5) is 43.2. The number of aliphatic hydroxyl groups is 1. The molecule has 10 heteroatoms. The molecule has 4 aromatic rings. The summed E-state index contributed by atoms with van der Waals surface area (Å²) in [6, 6.07) is 20.4. The van der Waals surface area contributed by atoms with E-state index in [1.165, 1.54) is 0 Å². The third-order valence-corrected chi connectivity index (χ3v) is 11.4. The maximum Gasteiger partial charge on any atom is 0.217 e. The van der Waals surface area contributed by atoms with Gasteiger partial charge in [-0.25, -0.2) is 0 Å². The van der Waals surface area contributed by atoms with E-state index in [-0.39, 0.29) is 35.4 Å². The van der Waals surface area contributed by atoms with Crippen LogP contribution in [0.4, 0.5) is 17.1 Å². The molecule has 2 fully saturated rings. The Morgan fingerprint density at radius 2 is 1.34 bits per heavy atom. The van der Waals surface area contributed by atoms with E-state index >= 15 is 0 Å². The normalized spacial score (nSPS) is 27.6. The molecule has 2 heterocycles. The zero-order valence-electron chi connectivity index (χ0n) is 28.2. The Balaban J connectivity index is 1.16. The smallest absolute Gasteiger partial charge is 0.217 e. The van der Waals surface area contributed by atoms with Crippen molar-refractivity contribution in [1.29, 1.82) is 0 Å². The van der Waals surface area contributed by atoms with Crippen LogP contribution in [0.1, 0.15) is 70.8 Å². The third-order valence-electron chi connectivity index (χ3n) is 11.4. The average molecular weight is 669 g/mol. The summed E-state index contributed by atoms with van der Waals surface area (Å²) in [5.74, 6) is -0.263. The van der Waals surface area contributed by atoms with Crippen molar-refractivity contribution in [3.8, 4) is 0 Å². The van der Waals surface area contributed by atoms with Gasteiger partial charge in [-0.1, -0.05) is 48.5 Å². The predicted octanol–water partition coefficient (Wildman–Crippen LogP) is 5.13. The fourth-order valence-corrected chi connectivity index (χ4v) is 9.08. The molecule has 254 valence electrons. The molecule has 0 aromatic heterocycles. The first kappa shape index (κ1) is 30.7. The van der Waals surface area contributed by atoms with Crippen molar-refractivity contribution in [2.45, 2.75) is 88.6 Å². The molecule has 0 atom stereocenters. The SMILES string of the molecule is CC(=O)NC1CCC2(CC1)N=c1/c(=C3\C(=O)C(c4ccc5cccc6c5c4NC4(CCC(NC(C)=O)CC4)N6)=C3O)ccc3cccc(c13)N2. The van der Waals surface area contributed by atoms with E-state index in [0.29, 0.717) is 21.9 Å². The van der Waals surface area contributed by atoms with Crippen LogP contribution in [-0.4, -0.2) is 46.1 Å². The number of Topliss-reactive ketones (excluding diaryl/α,β-unsaturated/α-hetero) is 1. The molecule has 4 aromatic carbocycles.